The minimum atomic E-state index is -0.557. The molecule has 1 atom stereocenters. The fourth-order valence-corrected chi connectivity index (χ4v) is 4.36. The van der Waals surface area contributed by atoms with E-state index in [9.17, 15) is 4.79 Å². The van der Waals surface area contributed by atoms with Crippen LogP contribution in [0.5, 0.6) is 0 Å². The largest absolute Gasteiger partial charge is 0.335 e. The first-order chi connectivity index (χ1) is 12.4. The Morgan fingerprint density at radius 1 is 1.19 bits per heavy atom. The Hall–Kier alpha value is -2.26. The molecule has 4 rings (SSSR count). The lowest BCUT2D eigenvalue weighted by atomic mass is 9.75. The molecule has 1 N–H and O–H groups in total. The first-order valence-corrected chi connectivity index (χ1v) is 9.42. The zero-order chi connectivity index (χ0) is 18.5. The Morgan fingerprint density at radius 2 is 1.92 bits per heavy atom. The van der Waals surface area contributed by atoms with Gasteiger partial charge >= 0.3 is 0 Å². The molecule has 1 saturated heterocycles. The maximum absolute atomic E-state index is 12.3. The first-order valence-electron chi connectivity index (χ1n) is 9.04. The van der Waals surface area contributed by atoms with Crippen molar-refractivity contribution in [3.05, 3.63) is 70.3 Å². The van der Waals surface area contributed by atoms with Gasteiger partial charge in [0.2, 0.25) is 5.91 Å². The molecular weight excluding hydrogens is 344 g/mol. The second-order valence-corrected chi connectivity index (χ2v) is 8.05. The lowest BCUT2D eigenvalue weighted by molar-refractivity contribution is -0.118. The fourth-order valence-electron chi connectivity index (χ4n) is 4.23. The van der Waals surface area contributed by atoms with Gasteiger partial charge in [0.25, 0.3) is 0 Å². The summed E-state index contributed by atoms with van der Waals surface area (Å²) in [6, 6.07) is 14.3. The van der Waals surface area contributed by atoms with Crippen LogP contribution in [0.15, 0.2) is 48.5 Å². The minimum Gasteiger partial charge on any atom is -0.335 e. The highest BCUT2D eigenvalue weighted by atomic mass is 35.5. The molecule has 0 unspecified atom stereocenters. The van der Waals surface area contributed by atoms with Gasteiger partial charge in [0.05, 0.1) is 6.54 Å². The van der Waals surface area contributed by atoms with Crippen molar-refractivity contribution in [2.75, 3.05) is 11.4 Å². The van der Waals surface area contributed by atoms with Crippen molar-refractivity contribution in [3.8, 4) is 0 Å². The van der Waals surface area contributed by atoms with Crippen LogP contribution in [-0.2, 0) is 16.6 Å². The van der Waals surface area contributed by atoms with E-state index in [1.165, 1.54) is 11.1 Å². The number of rotatable bonds is 3. The van der Waals surface area contributed by atoms with Gasteiger partial charge in [0.1, 0.15) is 5.66 Å². The molecule has 0 radical (unpaired) electrons. The van der Waals surface area contributed by atoms with Gasteiger partial charge in [-0.15, -0.1) is 0 Å². The summed E-state index contributed by atoms with van der Waals surface area (Å²) in [5.41, 5.74) is 4.01. The molecule has 0 spiro atoms. The number of anilines is 1. The summed E-state index contributed by atoms with van der Waals surface area (Å²) in [7, 11) is 0. The van der Waals surface area contributed by atoms with Crippen LogP contribution < -0.4 is 10.2 Å². The summed E-state index contributed by atoms with van der Waals surface area (Å²) in [6.07, 6.45) is 5.21. The van der Waals surface area contributed by atoms with E-state index >= 15 is 0 Å². The third-order valence-corrected chi connectivity index (χ3v) is 6.08. The highest BCUT2D eigenvalue weighted by Crippen LogP contribution is 2.53. The fraction of sp³-hybridized carbons (Fsp3) is 0.318. The Bertz CT molecular complexity index is 901. The molecule has 0 saturated carbocycles. The lowest BCUT2D eigenvalue weighted by Gasteiger charge is -2.40. The van der Waals surface area contributed by atoms with Gasteiger partial charge in [0, 0.05) is 16.1 Å². The van der Waals surface area contributed by atoms with Crippen molar-refractivity contribution in [1.29, 1.82) is 0 Å². The van der Waals surface area contributed by atoms with Crippen molar-refractivity contribution in [3.63, 3.8) is 0 Å². The molecule has 2 aliphatic rings. The number of fused-ring (bicyclic) bond motifs is 3. The Morgan fingerprint density at radius 3 is 2.62 bits per heavy atom. The van der Waals surface area contributed by atoms with Crippen LogP contribution in [0.1, 0.15) is 37.5 Å². The highest BCUT2D eigenvalue weighted by Gasteiger charge is 2.59. The van der Waals surface area contributed by atoms with Gasteiger partial charge in [-0.2, -0.15) is 0 Å². The molecule has 1 fully saturated rings. The number of nitrogens with one attached hydrogen (secondary N) is 1. The van der Waals surface area contributed by atoms with E-state index in [0.29, 0.717) is 6.54 Å². The number of hydrogen-bond acceptors (Lipinski definition) is 2. The molecule has 4 heteroatoms. The van der Waals surface area contributed by atoms with Crippen molar-refractivity contribution in [2.45, 2.75) is 38.3 Å². The number of carbonyl (C=O) groups excluding carboxylic acids is 1. The van der Waals surface area contributed by atoms with E-state index in [2.05, 4.69) is 61.3 Å². The van der Waals surface area contributed by atoms with Gasteiger partial charge in [-0.3, -0.25) is 4.79 Å². The van der Waals surface area contributed by atoms with E-state index in [1.807, 2.05) is 24.3 Å². The van der Waals surface area contributed by atoms with Gasteiger partial charge in [-0.25, -0.2) is 0 Å². The number of amides is 1. The number of halogens is 1. The number of benzene rings is 2. The molecular formula is C22H23ClN2O. The van der Waals surface area contributed by atoms with Crippen molar-refractivity contribution in [2.24, 2.45) is 0 Å². The topological polar surface area (TPSA) is 32.3 Å². The zero-order valence-electron chi connectivity index (χ0n) is 15.3. The average Bonchev–Trinajstić information content (AvgIpc) is 3.05. The van der Waals surface area contributed by atoms with Crippen LogP contribution in [0, 0.1) is 0 Å². The van der Waals surface area contributed by atoms with Crippen LogP contribution in [0.25, 0.3) is 6.08 Å². The maximum Gasteiger partial charge on any atom is 0.241 e. The van der Waals surface area contributed by atoms with Crippen molar-refractivity contribution >= 4 is 29.3 Å². The van der Waals surface area contributed by atoms with Crippen LogP contribution >= 0.6 is 11.6 Å². The van der Waals surface area contributed by atoms with E-state index in [-0.39, 0.29) is 11.3 Å². The summed E-state index contributed by atoms with van der Waals surface area (Å²) in [4.78, 5) is 14.5. The molecule has 0 aliphatic carbocycles. The second-order valence-electron chi connectivity index (χ2n) is 7.62. The standard InChI is InChI=1S/C22H23ClN2O/c1-4-15-7-10-19-18(13-15)21(2,3)22(24-20(26)14-25(19)22)12-11-16-5-8-17(23)9-6-16/h5-13H,4,14H2,1-3H3,(H,24,26)/b12-11+/t22-/m0/s1. The monoisotopic (exact) mass is 366 g/mol. The number of aryl methyl sites for hydroxylation is 1. The smallest absolute Gasteiger partial charge is 0.241 e. The number of hydrogen-bond donors (Lipinski definition) is 1. The normalized spacial score (nSPS) is 23.2. The lowest BCUT2D eigenvalue weighted by Crippen LogP contribution is -2.58. The summed E-state index contributed by atoms with van der Waals surface area (Å²) in [6.45, 7) is 6.97. The third-order valence-electron chi connectivity index (χ3n) is 5.83. The quantitative estimate of drug-likeness (QED) is 0.864. The summed E-state index contributed by atoms with van der Waals surface area (Å²) in [5, 5.41) is 3.98. The van der Waals surface area contributed by atoms with E-state index in [0.717, 1.165) is 22.7 Å². The second kappa shape index (κ2) is 5.88. The average molecular weight is 367 g/mol. The molecule has 3 nitrogen and oxygen atoms in total. The maximum atomic E-state index is 12.3. The zero-order valence-corrected chi connectivity index (χ0v) is 16.1. The molecule has 2 aromatic rings. The van der Waals surface area contributed by atoms with Crippen LogP contribution in [-0.4, -0.2) is 18.1 Å². The van der Waals surface area contributed by atoms with Crippen molar-refractivity contribution < 1.29 is 4.79 Å². The van der Waals surface area contributed by atoms with Crippen LogP contribution in [0.3, 0.4) is 0 Å². The predicted octanol–water partition coefficient (Wildman–Crippen LogP) is 4.54. The molecule has 2 aliphatic heterocycles. The van der Waals surface area contributed by atoms with E-state index in [1.54, 1.807) is 0 Å². The van der Waals surface area contributed by atoms with Gasteiger partial charge in [0.15, 0.2) is 0 Å². The van der Waals surface area contributed by atoms with E-state index < -0.39 is 5.66 Å². The number of carbonyl (C=O) groups is 1. The highest BCUT2D eigenvalue weighted by molar-refractivity contribution is 6.30. The van der Waals surface area contributed by atoms with Gasteiger partial charge < -0.3 is 10.2 Å². The van der Waals surface area contributed by atoms with Gasteiger partial charge in [-0.05, 0) is 47.4 Å². The van der Waals surface area contributed by atoms with E-state index in [4.69, 9.17) is 11.6 Å². The summed E-state index contributed by atoms with van der Waals surface area (Å²) < 4.78 is 0. The van der Waals surface area contributed by atoms with Crippen LogP contribution in [0.2, 0.25) is 5.02 Å². The minimum absolute atomic E-state index is 0.0593. The van der Waals surface area contributed by atoms with Crippen molar-refractivity contribution in [1.82, 2.24) is 5.32 Å². The Kier molecular flexibility index (Phi) is 3.89. The Balaban J connectivity index is 1.82. The summed E-state index contributed by atoms with van der Waals surface area (Å²) in [5.74, 6) is 0.0593. The molecule has 134 valence electrons. The third kappa shape index (κ3) is 2.38. The molecule has 1 amide bonds. The number of nitrogens with zero attached hydrogens (tertiary/aromatic N) is 1. The molecule has 0 bridgehead atoms. The SMILES string of the molecule is CCc1ccc2c(c1)C(C)(C)[C@@]1(/C=C/c3ccc(Cl)cc3)NC(=O)CN21. The summed E-state index contributed by atoms with van der Waals surface area (Å²) >= 11 is 5.99. The molecule has 0 aromatic heterocycles. The molecule has 2 aromatic carbocycles. The molecule has 26 heavy (non-hydrogen) atoms. The Labute approximate surface area is 159 Å². The van der Waals surface area contributed by atoms with Crippen LogP contribution in [0.4, 0.5) is 5.69 Å². The first kappa shape index (κ1) is 17.2. The molecule has 2 heterocycles. The predicted molar refractivity (Wildman–Crippen MR) is 108 cm³/mol. The van der Waals surface area contributed by atoms with Gasteiger partial charge in [-0.1, -0.05) is 62.7 Å².